The lowest BCUT2D eigenvalue weighted by Gasteiger charge is -2.16. The van der Waals surface area contributed by atoms with Gasteiger partial charge in [0.25, 0.3) is 0 Å². The first-order valence-corrected chi connectivity index (χ1v) is 11.3. The smallest absolute Gasteiger partial charge is 0.234 e. The highest BCUT2D eigenvalue weighted by molar-refractivity contribution is 7.99. The van der Waals surface area contributed by atoms with Gasteiger partial charge >= 0.3 is 0 Å². The van der Waals surface area contributed by atoms with E-state index in [4.69, 9.17) is 0 Å². The minimum Gasteiger partial charge on any atom is -0.325 e. The maximum absolute atomic E-state index is 12.6. The zero-order valence-electron chi connectivity index (χ0n) is 17.5. The van der Waals surface area contributed by atoms with Crippen molar-refractivity contribution in [2.75, 3.05) is 24.2 Å². The number of thioether (sulfide) groups is 1. The SMILES string of the molecule is Cc1cccc(NC(=O)CSc2nnc(CN3CCCC3)n2-c2ccccc2)c1C. The van der Waals surface area contributed by atoms with Crippen molar-refractivity contribution in [1.29, 1.82) is 0 Å². The molecule has 0 saturated carbocycles. The molecule has 1 fully saturated rings. The maximum Gasteiger partial charge on any atom is 0.234 e. The van der Waals surface area contributed by atoms with Crippen LogP contribution in [-0.2, 0) is 11.3 Å². The summed E-state index contributed by atoms with van der Waals surface area (Å²) >= 11 is 1.42. The normalized spacial score (nSPS) is 14.2. The zero-order valence-corrected chi connectivity index (χ0v) is 18.3. The van der Waals surface area contributed by atoms with E-state index in [9.17, 15) is 4.79 Å². The van der Waals surface area contributed by atoms with Crippen LogP contribution >= 0.6 is 11.8 Å². The number of hydrogen-bond donors (Lipinski definition) is 1. The number of nitrogens with one attached hydrogen (secondary N) is 1. The molecule has 0 bridgehead atoms. The molecule has 2 aromatic carbocycles. The van der Waals surface area contributed by atoms with Gasteiger partial charge in [-0.1, -0.05) is 42.1 Å². The third-order valence-electron chi connectivity index (χ3n) is 5.49. The molecule has 0 unspecified atom stereocenters. The lowest BCUT2D eigenvalue weighted by molar-refractivity contribution is -0.113. The molecule has 1 amide bonds. The van der Waals surface area contributed by atoms with Crippen LogP contribution in [0.4, 0.5) is 5.69 Å². The van der Waals surface area contributed by atoms with Gasteiger partial charge in [0, 0.05) is 11.4 Å². The summed E-state index contributed by atoms with van der Waals surface area (Å²) in [6.07, 6.45) is 2.47. The Morgan fingerprint density at radius 1 is 1.03 bits per heavy atom. The largest absolute Gasteiger partial charge is 0.325 e. The van der Waals surface area contributed by atoms with E-state index in [1.807, 2.05) is 50.2 Å². The van der Waals surface area contributed by atoms with Gasteiger partial charge in [-0.15, -0.1) is 10.2 Å². The molecule has 0 aliphatic carbocycles. The molecule has 1 aliphatic heterocycles. The third-order valence-corrected chi connectivity index (χ3v) is 6.42. The topological polar surface area (TPSA) is 63.1 Å². The summed E-state index contributed by atoms with van der Waals surface area (Å²) in [6, 6.07) is 16.1. The van der Waals surface area contributed by atoms with Crippen LogP contribution < -0.4 is 5.32 Å². The van der Waals surface area contributed by atoms with E-state index in [1.165, 1.54) is 24.6 Å². The number of benzene rings is 2. The molecule has 1 saturated heterocycles. The molecule has 3 aromatic rings. The molecule has 1 aliphatic rings. The first kappa shape index (κ1) is 20.6. The number of rotatable bonds is 7. The standard InChI is InChI=1S/C23H27N5OS/c1-17-9-8-12-20(18(17)2)24-22(29)16-30-23-26-25-21(15-27-13-6-7-14-27)28(23)19-10-4-3-5-11-19/h3-5,8-12H,6-7,13-16H2,1-2H3,(H,24,29). The minimum atomic E-state index is -0.0441. The highest BCUT2D eigenvalue weighted by atomic mass is 32.2. The van der Waals surface area contributed by atoms with Crippen LogP contribution in [0.1, 0.15) is 29.8 Å². The summed E-state index contributed by atoms with van der Waals surface area (Å²) in [5, 5.41) is 12.6. The number of aryl methyl sites for hydroxylation is 1. The number of hydrogen-bond acceptors (Lipinski definition) is 5. The van der Waals surface area contributed by atoms with E-state index in [0.717, 1.165) is 53.1 Å². The summed E-state index contributed by atoms with van der Waals surface area (Å²) in [6.45, 7) is 7.04. The number of amides is 1. The number of carbonyl (C=O) groups excluding carboxylic acids is 1. The molecule has 7 heteroatoms. The molecule has 6 nitrogen and oxygen atoms in total. The van der Waals surface area contributed by atoms with E-state index in [0.29, 0.717) is 0 Å². The number of carbonyl (C=O) groups is 1. The van der Waals surface area contributed by atoms with Crippen LogP contribution in [0.5, 0.6) is 0 Å². The van der Waals surface area contributed by atoms with Gasteiger partial charge in [-0.3, -0.25) is 14.3 Å². The van der Waals surface area contributed by atoms with E-state index >= 15 is 0 Å². The van der Waals surface area contributed by atoms with Crippen molar-refractivity contribution >= 4 is 23.4 Å². The Morgan fingerprint density at radius 3 is 2.57 bits per heavy atom. The number of likely N-dealkylation sites (tertiary alicyclic amines) is 1. The summed E-state index contributed by atoms with van der Waals surface area (Å²) < 4.78 is 2.08. The maximum atomic E-state index is 12.6. The van der Waals surface area contributed by atoms with E-state index in [-0.39, 0.29) is 11.7 Å². The van der Waals surface area contributed by atoms with E-state index in [1.54, 1.807) is 0 Å². The predicted molar refractivity (Wildman–Crippen MR) is 121 cm³/mol. The second kappa shape index (κ2) is 9.45. The van der Waals surface area contributed by atoms with Crippen molar-refractivity contribution in [2.24, 2.45) is 0 Å². The zero-order chi connectivity index (χ0) is 20.9. The predicted octanol–water partition coefficient (Wildman–Crippen LogP) is 4.21. The van der Waals surface area contributed by atoms with Crippen LogP contribution in [0.3, 0.4) is 0 Å². The second-order valence-electron chi connectivity index (χ2n) is 7.64. The molecular weight excluding hydrogens is 394 g/mol. The van der Waals surface area contributed by atoms with Gasteiger partial charge in [0.2, 0.25) is 5.91 Å². The highest BCUT2D eigenvalue weighted by Crippen LogP contribution is 2.24. The Labute approximate surface area is 181 Å². The fourth-order valence-electron chi connectivity index (χ4n) is 3.68. The van der Waals surface area contributed by atoms with Gasteiger partial charge in [-0.25, -0.2) is 0 Å². The third kappa shape index (κ3) is 4.74. The number of aromatic nitrogens is 3. The van der Waals surface area contributed by atoms with Gasteiger partial charge in [0.05, 0.1) is 12.3 Å². The molecule has 156 valence electrons. The monoisotopic (exact) mass is 421 g/mol. The molecule has 0 atom stereocenters. The molecule has 2 heterocycles. The second-order valence-corrected chi connectivity index (χ2v) is 8.58. The Kier molecular flexibility index (Phi) is 6.50. The lowest BCUT2D eigenvalue weighted by atomic mass is 10.1. The Balaban J connectivity index is 1.50. The summed E-state index contributed by atoms with van der Waals surface area (Å²) in [5.41, 5.74) is 4.14. The molecule has 4 rings (SSSR count). The molecule has 0 spiro atoms. The Bertz CT molecular complexity index is 1010. The quantitative estimate of drug-likeness (QED) is 0.579. The Morgan fingerprint density at radius 2 is 1.80 bits per heavy atom. The van der Waals surface area contributed by atoms with Crippen molar-refractivity contribution in [3.05, 3.63) is 65.5 Å². The van der Waals surface area contributed by atoms with Crippen LogP contribution in [0.2, 0.25) is 0 Å². The average molecular weight is 422 g/mol. The first-order valence-electron chi connectivity index (χ1n) is 10.3. The Hall–Kier alpha value is -2.64. The van der Waals surface area contributed by atoms with Crippen LogP contribution in [0.25, 0.3) is 5.69 Å². The van der Waals surface area contributed by atoms with E-state index in [2.05, 4.69) is 37.1 Å². The van der Waals surface area contributed by atoms with Crippen molar-refractivity contribution < 1.29 is 4.79 Å². The average Bonchev–Trinajstić information content (AvgIpc) is 3.41. The molecule has 1 N–H and O–H groups in total. The fraction of sp³-hybridized carbons (Fsp3) is 0.348. The molecule has 0 radical (unpaired) electrons. The number of para-hydroxylation sites is 1. The van der Waals surface area contributed by atoms with E-state index < -0.39 is 0 Å². The van der Waals surface area contributed by atoms with Crippen LogP contribution in [0.15, 0.2) is 53.7 Å². The van der Waals surface area contributed by atoms with Crippen LogP contribution in [-0.4, -0.2) is 44.4 Å². The van der Waals surface area contributed by atoms with Gasteiger partial charge in [-0.2, -0.15) is 0 Å². The number of anilines is 1. The van der Waals surface area contributed by atoms with Crippen molar-refractivity contribution in [3.8, 4) is 5.69 Å². The lowest BCUT2D eigenvalue weighted by Crippen LogP contribution is -2.21. The van der Waals surface area contributed by atoms with Gasteiger partial charge < -0.3 is 5.32 Å². The van der Waals surface area contributed by atoms with Gasteiger partial charge in [0.1, 0.15) is 0 Å². The molecular formula is C23H27N5OS. The summed E-state index contributed by atoms with van der Waals surface area (Å²) in [5.74, 6) is 1.15. The van der Waals surface area contributed by atoms with Crippen molar-refractivity contribution in [3.63, 3.8) is 0 Å². The first-order chi connectivity index (χ1) is 14.6. The summed E-state index contributed by atoms with van der Waals surface area (Å²) in [4.78, 5) is 15.0. The molecule has 1 aromatic heterocycles. The molecule has 30 heavy (non-hydrogen) atoms. The number of nitrogens with zero attached hydrogens (tertiary/aromatic N) is 4. The summed E-state index contributed by atoms with van der Waals surface area (Å²) in [7, 11) is 0. The van der Waals surface area contributed by atoms with Gasteiger partial charge in [0.15, 0.2) is 11.0 Å². The minimum absolute atomic E-state index is 0.0441. The van der Waals surface area contributed by atoms with Crippen molar-refractivity contribution in [1.82, 2.24) is 19.7 Å². The highest BCUT2D eigenvalue weighted by Gasteiger charge is 2.20. The van der Waals surface area contributed by atoms with Crippen LogP contribution in [0, 0.1) is 13.8 Å². The van der Waals surface area contributed by atoms with Gasteiger partial charge in [-0.05, 0) is 69.1 Å². The van der Waals surface area contributed by atoms with Crippen molar-refractivity contribution in [2.45, 2.75) is 38.4 Å². The fourth-order valence-corrected chi connectivity index (χ4v) is 4.45.